The molecule has 1 rings (SSSR count). The Balaban J connectivity index is 3.51. The summed E-state index contributed by atoms with van der Waals surface area (Å²) < 4.78 is 1.13. The fourth-order valence-corrected chi connectivity index (χ4v) is 4.97. The van der Waals surface area contributed by atoms with E-state index in [0.29, 0.717) is 0 Å². The maximum absolute atomic E-state index is 11.8. The van der Waals surface area contributed by atoms with Crippen LogP contribution in [0.25, 0.3) is 0 Å². The molecule has 0 aliphatic heterocycles. The third kappa shape index (κ3) is 3.23. The van der Waals surface area contributed by atoms with Crippen molar-refractivity contribution in [3.63, 3.8) is 0 Å². The molecule has 18 heavy (non-hydrogen) atoms. The highest BCUT2D eigenvalue weighted by Crippen LogP contribution is 2.24. The van der Waals surface area contributed by atoms with Gasteiger partial charge in [-0.3, -0.25) is 4.79 Å². The average molecular weight is 373 g/mol. The third-order valence-corrected chi connectivity index (χ3v) is 5.68. The minimum atomic E-state index is -1.50. The van der Waals surface area contributed by atoms with Crippen LogP contribution >= 0.6 is 22.6 Å². The van der Waals surface area contributed by atoms with Crippen LogP contribution in [0.2, 0.25) is 19.6 Å². The molecule has 0 aromatic heterocycles. The van der Waals surface area contributed by atoms with E-state index in [0.717, 1.165) is 9.26 Å². The molecule has 0 spiro atoms. The summed E-state index contributed by atoms with van der Waals surface area (Å²) in [6.07, 6.45) is 1.37. The van der Waals surface area contributed by atoms with Gasteiger partial charge in [-0.05, 0) is 46.8 Å². The predicted molar refractivity (Wildman–Crippen MR) is 90.5 cm³/mol. The molecule has 1 amide bonds. The average Bonchev–Trinajstić information content (AvgIpc) is 2.25. The van der Waals surface area contributed by atoms with E-state index >= 15 is 0 Å². The van der Waals surface area contributed by atoms with E-state index in [2.05, 4.69) is 67.9 Å². The quantitative estimate of drug-likeness (QED) is 0.452. The van der Waals surface area contributed by atoms with Gasteiger partial charge in [0, 0.05) is 10.6 Å². The van der Waals surface area contributed by atoms with Gasteiger partial charge in [-0.2, -0.15) is 0 Å². The number of benzene rings is 1. The SMILES string of the molecule is C=CC(=O)N(C)c1c(I)cc(C)cc1[Si](C)(C)C. The fraction of sp³-hybridized carbons (Fsp3) is 0.357. The number of halogens is 1. The van der Waals surface area contributed by atoms with Gasteiger partial charge in [0.25, 0.3) is 0 Å². The minimum absolute atomic E-state index is 0.0590. The molecular weight excluding hydrogens is 353 g/mol. The molecule has 0 fully saturated rings. The van der Waals surface area contributed by atoms with E-state index in [-0.39, 0.29) is 5.91 Å². The maximum Gasteiger partial charge on any atom is 0.250 e. The molecule has 98 valence electrons. The number of anilines is 1. The maximum atomic E-state index is 11.8. The van der Waals surface area contributed by atoms with Crippen LogP contribution in [0.4, 0.5) is 5.69 Å². The van der Waals surface area contributed by atoms with Gasteiger partial charge in [0.1, 0.15) is 0 Å². The van der Waals surface area contributed by atoms with E-state index in [1.807, 2.05) is 7.05 Å². The first-order valence-corrected chi connectivity index (χ1v) is 10.5. The lowest BCUT2D eigenvalue weighted by molar-refractivity contribution is -0.113. The third-order valence-electron chi connectivity index (χ3n) is 2.86. The number of carbonyl (C=O) groups excluding carboxylic acids is 1. The summed E-state index contributed by atoms with van der Waals surface area (Å²) >= 11 is 2.31. The molecule has 0 aliphatic rings. The molecule has 0 saturated heterocycles. The summed E-state index contributed by atoms with van der Waals surface area (Å²) in [5, 5.41) is 1.32. The van der Waals surface area contributed by atoms with Crippen molar-refractivity contribution in [3.05, 3.63) is 33.9 Å². The second-order valence-corrected chi connectivity index (χ2v) is 11.7. The van der Waals surface area contributed by atoms with Crippen molar-refractivity contribution in [2.24, 2.45) is 0 Å². The zero-order chi connectivity index (χ0) is 14.1. The highest BCUT2D eigenvalue weighted by atomic mass is 127. The standard InChI is InChI=1S/C14H20INOSi/c1-7-13(17)16(3)14-11(15)8-10(2)9-12(14)18(4,5)6/h7-9H,1H2,2-6H3. The zero-order valence-electron chi connectivity index (χ0n) is 11.7. The number of amides is 1. The van der Waals surface area contributed by atoms with Gasteiger partial charge in [-0.1, -0.05) is 37.8 Å². The first kappa shape index (κ1) is 15.4. The monoisotopic (exact) mass is 373 g/mol. The molecular formula is C14H20INOSi. The summed E-state index contributed by atoms with van der Waals surface area (Å²) in [6, 6.07) is 4.34. The van der Waals surface area contributed by atoms with Gasteiger partial charge in [0.15, 0.2) is 0 Å². The van der Waals surface area contributed by atoms with Crippen LogP contribution in [0.1, 0.15) is 5.56 Å². The van der Waals surface area contributed by atoms with Crippen molar-refractivity contribution in [3.8, 4) is 0 Å². The van der Waals surface area contributed by atoms with Crippen LogP contribution in [-0.4, -0.2) is 21.0 Å². The van der Waals surface area contributed by atoms with Gasteiger partial charge < -0.3 is 4.90 Å². The van der Waals surface area contributed by atoms with Gasteiger partial charge in [-0.25, -0.2) is 0 Å². The summed E-state index contributed by atoms with van der Waals surface area (Å²) in [6.45, 7) is 12.6. The van der Waals surface area contributed by atoms with Crippen molar-refractivity contribution in [1.29, 1.82) is 0 Å². The van der Waals surface area contributed by atoms with E-state index in [1.165, 1.54) is 16.8 Å². The van der Waals surface area contributed by atoms with E-state index in [9.17, 15) is 4.79 Å². The number of nitrogens with zero attached hydrogens (tertiary/aromatic N) is 1. The van der Waals surface area contributed by atoms with Crippen molar-refractivity contribution in [2.75, 3.05) is 11.9 Å². The van der Waals surface area contributed by atoms with Gasteiger partial charge in [-0.15, -0.1) is 0 Å². The Kier molecular flexibility index (Phi) is 4.77. The largest absolute Gasteiger partial charge is 0.311 e. The molecule has 0 bridgehead atoms. The van der Waals surface area contributed by atoms with Crippen molar-refractivity contribution in [2.45, 2.75) is 26.6 Å². The Labute approximate surface area is 124 Å². The molecule has 2 nitrogen and oxygen atoms in total. The molecule has 0 unspecified atom stereocenters. The van der Waals surface area contributed by atoms with Crippen LogP contribution in [-0.2, 0) is 4.79 Å². The van der Waals surface area contributed by atoms with Crippen molar-refractivity contribution < 1.29 is 4.79 Å². The van der Waals surface area contributed by atoms with Crippen LogP contribution in [0.15, 0.2) is 24.8 Å². The first-order chi connectivity index (χ1) is 8.18. The number of hydrogen-bond donors (Lipinski definition) is 0. The van der Waals surface area contributed by atoms with Gasteiger partial charge >= 0.3 is 0 Å². The van der Waals surface area contributed by atoms with Crippen LogP contribution in [0.5, 0.6) is 0 Å². The van der Waals surface area contributed by atoms with E-state index in [1.54, 1.807) is 4.90 Å². The Morgan fingerprint density at radius 2 is 1.94 bits per heavy atom. The smallest absolute Gasteiger partial charge is 0.250 e. The Bertz CT molecular complexity index is 491. The first-order valence-electron chi connectivity index (χ1n) is 5.89. The summed E-state index contributed by atoms with van der Waals surface area (Å²) in [5.41, 5.74) is 2.30. The zero-order valence-corrected chi connectivity index (χ0v) is 14.8. The molecule has 0 saturated carbocycles. The van der Waals surface area contributed by atoms with E-state index in [4.69, 9.17) is 0 Å². The summed E-state index contributed by atoms with van der Waals surface area (Å²) in [5.74, 6) is -0.0590. The lowest BCUT2D eigenvalue weighted by Gasteiger charge is -2.28. The topological polar surface area (TPSA) is 20.3 Å². The van der Waals surface area contributed by atoms with Crippen molar-refractivity contribution >= 4 is 47.4 Å². The van der Waals surface area contributed by atoms with E-state index < -0.39 is 8.07 Å². The molecule has 1 aromatic rings. The van der Waals surface area contributed by atoms with Gasteiger partial charge in [0.05, 0.1) is 13.8 Å². The van der Waals surface area contributed by atoms with Crippen molar-refractivity contribution in [1.82, 2.24) is 0 Å². The molecule has 1 aromatic carbocycles. The van der Waals surface area contributed by atoms with Crippen LogP contribution < -0.4 is 10.1 Å². The number of aryl methyl sites for hydroxylation is 1. The molecule has 0 radical (unpaired) electrons. The molecule has 0 aliphatic carbocycles. The van der Waals surface area contributed by atoms with Crippen LogP contribution in [0, 0.1) is 10.5 Å². The molecule has 0 atom stereocenters. The lowest BCUT2D eigenvalue weighted by atomic mass is 10.2. The number of hydrogen-bond acceptors (Lipinski definition) is 1. The predicted octanol–water partition coefficient (Wildman–Crippen LogP) is 3.29. The highest BCUT2D eigenvalue weighted by molar-refractivity contribution is 14.1. The lowest BCUT2D eigenvalue weighted by Crippen LogP contribution is -2.43. The summed E-state index contributed by atoms with van der Waals surface area (Å²) in [7, 11) is 0.325. The highest BCUT2D eigenvalue weighted by Gasteiger charge is 2.25. The second kappa shape index (κ2) is 5.57. The fourth-order valence-electron chi connectivity index (χ4n) is 1.89. The Morgan fingerprint density at radius 3 is 2.39 bits per heavy atom. The number of carbonyl (C=O) groups is 1. The summed E-state index contributed by atoms with van der Waals surface area (Å²) in [4.78, 5) is 13.6. The van der Waals surface area contributed by atoms with Crippen LogP contribution in [0.3, 0.4) is 0 Å². The van der Waals surface area contributed by atoms with Gasteiger partial charge in [0.2, 0.25) is 5.91 Å². The second-order valence-electron chi connectivity index (χ2n) is 5.49. The number of likely N-dealkylation sites (N-methyl/N-ethyl adjacent to an activating group) is 1. The minimum Gasteiger partial charge on any atom is -0.311 e. The number of rotatable bonds is 3. The molecule has 4 heteroatoms. The Morgan fingerprint density at radius 1 is 1.39 bits per heavy atom. The normalized spacial score (nSPS) is 11.2. The Hall–Kier alpha value is -0.623. The molecule has 0 heterocycles. The molecule has 0 N–H and O–H groups in total.